The summed E-state index contributed by atoms with van der Waals surface area (Å²) in [6.45, 7) is 12.1. The summed E-state index contributed by atoms with van der Waals surface area (Å²) in [6.07, 6.45) is 1.08. The summed E-state index contributed by atoms with van der Waals surface area (Å²) in [7, 11) is 1.64. The standard InChI is InChI=1S/C16H28N4O2/c1-16(2,3)15-18-13(12-14(19-15)21-4)17-6-5-7-20-8-10-22-11-9-20/h12H,5-11H2,1-4H3,(H,17,18,19). The summed E-state index contributed by atoms with van der Waals surface area (Å²) < 4.78 is 10.6. The van der Waals surface area contributed by atoms with Gasteiger partial charge in [-0.1, -0.05) is 20.8 Å². The zero-order valence-electron chi connectivity index (χ0n) is 14.2. The third-order valence-corrected chi connectivity index (χ3v) is 3.64. The molecule has 1 saturated heterocycles. The van der Waals surface area contributed by atoms with Crippen LogP contribution in [0.5, 0.6) is 5.88 Å². The van der Waals surface area contributed by atoms with Crippen LogP contribution in [0, 0.1) is 0 Å². The molecule has 2 heterocycles. The van der Waals surface area contributed by atoms with E-state index in [-0.39, 0.29) is 5.41 Å². The summed E-state index contributed by atoms with van der Waals surface area (Å²) in [5.41, 5.74) is -0.0984. The van der Waals surface area contributed by atoms with Crippen LogP contribution in [0.3, 0.4) is 0 Å². The van der Waals surface area contributed by atoms with Crippen LogP contribution in [-0.2, 0) is 10.2 Å². The molecule has 0 aliphatic carbocycles. The van der Waals surface area contributed by atoms with E-state index in [1.807, 2.05) is 6.07 Å². The van der Waals surface area contributed by atoms with E-state index in [2.05, 4.69) is 41.0 Å². The van der Waals surface area contributed by atoms with Crippen molar-refractivity contribution in [1.29, 1.82) is 0 Å². The fourth-order valence-electron chi connectivity index (χ4n) is 2.30. The predicted octanol–water partition coefficient (Wildman–Crippen LogP) is 1.92. The van der Waals surface area contributed by atoms with Crippen LogP contribution >= 0.6 is 0 Å². The molecule has 1 aromatic rings. The van der Waals surface area contributed by atoms with Crippen molar-refractivity contribution in [3.8, 4) is 5.88 Å². The average Bonchev–Trinajstić information content (AvgIpc) is 2.51. The van der Waals surface area contributed by atoms with Gasteiger partial charge in [0.15, 0.2) is 0 Å². The van der Waals surface area contributed by atoms with E-state index in [1.165, 1.54) is 0 Å². The van der Waals surface area contributed by atoms with Crippen LogP contribution in [0.15, 0.2) is 6.07 Å². The van der Waals surface area contributed by atoms with Gasteiger partial charge >= 0.3 is 0 Å². The van der Waals surface area contributed by atoms with Crippen LogP contribution in [0.4, 0.5) is 5.82 Å². The number of aromatic nitrogens is 2. The van der Waals surface area contributed by atoms with Gasteiger partial charge in [-0.25, -0.2) is 4.98 Å². The second-order valence-electron chi connectivity index (χ2n) is 6.60. The van der Waals surface area contributed by atoms with Gasteiger partial charge in [0.25, 0.3) is 0 Å². The van der Waals surface area contributed by atoms with Gasteiger partial charge < -0.3 is 14.8 Å². The maximum Gasteiger partial charge on any atom is 0.218 e. The van der Waals surface area contributed by atoms with Crippen LogP contribution in [0.1, 0.15) is 33.0 Å². The highest BCUT2D eigenvalue weighted by Gasteiger charge is 2.19. The smallest absolute Gasteiger partial charge is 0.218 e. The van der Waals surface area contributed by atoms with E-state index < -0.39 is 0 Å². The molecule has 0 saturated carbocycles. The highest BCUT2D eigenvalue weighted by molar-refractivity contribution is 5.39. The van der Waals surface area contributed by atoms with Gasteiger partial charge in [0.2, 0.25) is 5.88 Å². The van der Waals surface area contributed by atoms with Gasteiger partial charge in [0, 0.05) is 31.1 Å². The Balaban J connectivity index is 1.86. The van der Waals surface area contributed by atoms with Crippen molar-refractivity contribution in [2.45, 2.75) is 32.6 Å². The van der Waals surface area contributed by atoms with Gasteiger partial charge in [-0.3, -0.25) is 4.90 Å². The maximum atomic E-state index is 5.36. The lowest BCUT2D eigenvalue weighted by molar-refractivity contribution is 0.0378. The number of anilines is 1. The Labute approximate surface area is 133 Å². The van der Waals surface area contributed by atoms with Gasteiger partial charge in [0.1, 0.15) is 11.6 Å². The first-order valence-electron chi connectivity index (χ1n) is 7.96. The molecule has 1 aromatic heterocycles. The number of hydrogen-bond donors (Lipinski definition) is 1. The predicted molar refractivity (Wildman–Crippen MR) is 87.6 cm³/mol. The molecular formula is C16H28N4O2. The number of hydrogen-bond acceptors (Lipinski definition) is 6. The molecule has 0 bridgehead atoms. The molecule has 0 spiro atoms. The molecule has 0 radical (unpaired) electrons. The van der Waals surface area contributed by atoms with Crippen LogP contribution in [-0.4, -0.2) is 61.4 Å². The quantitative estimate of drug-likeness (QED) is 0.810. The van der Waals surface area contributed by atoms with Gasteiger partial charge in [-0.2, -0.15) is 4.98 Å². The molecule has 1 aliphatic rings. The summed E-state index contributed by atoms with van der Waals surface area (Å²) in [4.78, 5) is 11.5. The number of rotatable bonds is 6. The molecule has 1 N–H and O–H groups in total. The van der Waals surface area contributed by atoms with E-state index in [4.69, 9.17) is 9.47 Å². The lowest BCUT2D eigenvalue weighted by Crippen LogP contribution is -2.37. The Morgan fingerprint density at radius 3 is 2.64 bits per heavy atom. The minimum absolute atomic E-state index is 0.0984. The van der Waals surface area contributed by atoms with Crippen molar-refractivity contribution in [3.05, 3.63) is 11.9 Å². The molecule has 1 aliphatic heterocycles. The monoisotopic (exact) mass is 308 g/mol. The molecule has 1 fully saturated rings. The van der Waals surface area contributed by atoms with Crippen molar-refractivity contribution in [2.24, 2.45) is 0 Å². The van der Waals surface area contributed by atoms with Gasteiger partial charge in [0.05, 0.1) is 20.3 Å². The fraction of sp³-hybridized carbons (Fsp3) is 0.750. The zero-order chi connectivity index (χ0) is 16.0. The Morgan fingerprint density at radius 1 is 1.27 bits per heavy atom. The minimum Gasteiger partial charge on any atom is -0.481 e. The number of nitrogens with one attached hydrogen (secondary N) is 1. The lowest BCUT2D eigenvalue weighted by Gasteiger charge is -2.26. The largest absolute Gasteiger partial charge is 0.481 e. The normalized spacial score (nSPS) is 16.5. The van der Waals surface area contributed by atoms with Crippen molar-refractivity contribution in [2.75, 3.05) is 51.8 Å². The molecular weight excluding hydrogens is 280 g/mol. The highest BCUT2D eigenvalue weighted by Crippen LogP contribution is 2.23. The van der Waals surface area contributed by atoms with E-state index in [1.54, 1.807) is 7.11 Å². The number of ether oxygens (including phenoxy) is 2. The zero-order valence-corrected chi connectivity index (χ0v) is 14.2. The van der Waals surface area contributed by atoms with Crippen molar-refractivity contribution in [1.82, 2.24) is 14.9 Å². The van der Waals surface area contributed by atoms with Crippen LogP contribution < -0.4 is 10.1 Å². The van der Waals surface area contributed by atoms with E-state index in [0.717, 1.165) is 57.5 Å². The molecule has 0 aromatic carbocycles. The molecule has 0 atom stereocenters. The minimum atomic E-state index is -0.0984. The fourth-order valence-corrected chi connectivity index (χ4v) is 2.30. The lowest BCUT2D eigenvalue weighted by atomic mass is 9.96. The topological polar surface area (TPSA) is 59.5 Å². The first kappa shape index (κ1) is 17.0. The van der Waals surface area contributed by atoms with E-state index in [0.29, 0.717) is 5.88 Å². The van der Waals surface area contributed by atoms with Gasteiger partial charge in [-0.05, 0) is 13.0 Å². The number of methoxy groups -OCH3 is 1. The molecule has 6 heteroatoms. The highest BCUT2D eigenvalue weighted by atomic mass is 16.5. The summed E-state index contributed by atoms with van der Waals surface area (Å²) >= 11 is 0. The van der Waals surface area contributed by atoms with Crippen molar-refractivity contribution in [3.63, 3.8) is 0 Å². The number of nitrogens with zero attached hydrogens (tertiary/aromatic N) is 3. The second kappa shape index (κ2) is 7.74. The third-order valence-electron chi connectivity index (χ3n) is 3.64. The number of morpholine rings is 1. The average molecular weight is 308 g/mol. The summed E-state index contributed by atoms with van der Waals surface area (Å²) in [5, 5.41) is 3.38. The Hall–Kier alpha value is -1.40. The summed E-state index contributed by atoms with van der Waals surface area (Å²) in [5.74, 6) is 2.23. The van der Waals surface area contributed by atoms with Crippen LogP contribution in [0.2, 0.25) is 0 Å². The Bertz CT molecular complexity index is 468. The van der Waals surface area contributed by atoms with Crippen LogP contribution in [0.25, 0.3) is 0 Å². The van der Waals surface area contributed by atoms with Crippen molar-refractivity contribution < 1.29 is 9.47 Å². The molecule has 0 amide bonds. The Morgan fingerprint density at radius 2 is 2.00 bits per heavy atom. The van der Waals surface area contributed by atoms with E-state index >= 15 is 0 Å². The Kier molecular flexibility index (Phi) is 5.97. The third kappa shape index (κ3) is 5.10. The first-order valence-corrected chi connectivity index (χ1v) is 7.96. The first-order chi connectivity index (χ1) is 10.5. The van der Waals surface area contributed by atoms with Crippen molar-refractivity contribution >= 4 is 5.82 Å². The SMILES string of the molecule is COc1cc(NCCCN2CCOCC2)nc(C(C)(C)C)n1. The molecule has 2 rings (SSSR count). The summed E-state index contributed by atoms with van der Waals surface area (Å²) in [6, 6.07) is 1.85. The van der Waals surface area contributed by atoms with E-state index in [9.17, 15) is 0 Å². The molecule has 6 nitrogen and oxygen atoms in total. The maximum absolute atomic E-state index is 5.36. The molecule has 22 heavy (non-hydrogen) atoms. The van der Waals surface area contributed by atoms with Gasteiger partial charge in [-0.15, -0.1) is 0 Å². The molecule has 0 unspecified atom stereocenters. The molecule has 124 valence electrons. The second-order valence-corrected chi connectivity index (χ2v) is 6.60.